The molecule has 0 amide bonds. The molecule has 1 aromatic carbocycles. The SMILES string of the molecule is Cc1ccc(C)c(C(=O)Cc2c(C)nn(C)c2Cl)c1. The first-order chi connectivity index (χ1) is 8.90. The number of aryl methyl sites for hydroxylation is 4. The van der Waals surface area contributed by atoms with E-state index >= 15 is 0 Å². The van der Waals surface area contributed by atoms with Gasteiger partial charge < -0.3 is 0 Å². The molecule has 3 nitrogen and oxygen atoms in total. The maximum absolute atomic E-state index is 12.4. The number of carbonyl (C=O) groups is 1. The van der Waals surface area contributed by atoms with E-state index in [0.29, 0.717) is 11.6 Å². The monoisotopic (exact) mass is 276 g/mol. The van der Waals surface area contributed by atoms with Crippen LogP contribution in [-0.2, 0) is 13.5 Å². The number of nitrogens with zero attached hydrogens (tertiary/aromatic N) is 2. The van der Waals surface area contributed by atoms with E-state index in [4.69, 9.17) is 11.6 Å². The highest BCUT2D eigenvalue weighted by atomic mass is 35.5. The second-order valence-corrected chi connectivity index (χ2v) is 5.25. The Bertz CT molecular complexity index is 644. The van der Waals surface area contributed by atoms with Crippen molar-refractivity contribution >= 4 is 17.4 Å². The molecule has 4 heteroatoms. The largest absolute Gasteiger partial charge is 0.294 e. The lowest BCUT2D eigenvalue weighted by Crippen LogP contribution is -2.07. The minimum Gasteiger partial charge on any atom is -0.294 e. The number of benzene rings is 1. The van der Waals surface area contributed by atoms with Crippen molar-refractivity contribution in [2.45, 2.75) is 27.2 Å². The average molecular weight is 277 g/mol. The van der Waals surface area contributed by atoms with Gasteiger partial charge in [-0.15, -0.1) is 0 Å². The molecule has 1 aromatic heterocycles. The van der Waals surface area contributed by atoms with Crippen LogP contribution in [-0.4, -0.2) is 15.6 Å². The number of hydrogen-bond donors (Lipinski definition) is 0. The van der Waals surface area contributed by atoms with Crippen LogP contribution in [0.5, 0.6) is 0 Å². The Kier molecular flexibility index (Phi) is 3.76. The predicted molar refractivity (Wildman–Crippen MR) is 76.9 cm³/mol. The van der Waals surface area contributed by atoms with Crippen LogP contribution in [0.3, 0.4) is 0 Å². The fourth-order valence-corrected chi connectivity index (χ4v) is 2.41. The molecule has 0 saturated carbocycles. The molecule has 0 aliphatic heterocycles. The zero-order valence-electron chi connectivity index (χ0n) is 11.6. The van der Waals surface area contributed by atoms with Gasteiger partial charge in [0.15, 0.2) is 5.78 Å². The number of aromatic nitrogens is 2. The van der Waals surface area contributed by atoms with Gasteiger partial charge in [0.05, 0.1) is 5.69 Å². The highest BCUT2D eigenvalue weighted by Crippen LogP contribution is 2.22. The van der Waals surface area contributed by atoms with Crippen molar-refractivity contribution in [1.29, 1.82) is 0 Å². The molecule has 0 radical (unpaired) electrons. The lowest BCUT2D eigenvalue weighted by molar-refractivity contribution is 0.0992. The van der Waals surface area contributed by atoms with E-state index in [1.54, 1.807) is 11.7 Å². The summed E-state index contributed by atoms with van der Waals surface area (Å²) < 4.78 is 1.60. The first-order valence-electron chi connectivity index (χ1n) is 6.18. The first kappa shape index (κ1) is 13.8. The summed E-state index contributed by atoms with van der Waals surface area (Å²) in [5.41, 5.74) is 4.47. The standard InChI is InChI=1S/C15H17ClN2O/c1-9-5-6-10(2)12(7-9)14(19)8-13-11(3)17-18(4)15(13)16/h5-7H,8H2,1-4H3. The van der Waals surface area contributed by atoms with E-state index < -0.39 is 0 Å². The molecule has 2 aromatic rings. The van der Waals surface area contributed by atoms with Crippen molar-refractivity contribution < 1.29 is 4.79 Å². The van der Waals surface area contributed by atoms with Crippen molar-refractivity contribution in [1.82, 2.24) is 9.78 Å². The number of ketones is 1. The molecule has 0 atom stereocenters. The minimum atomic E-state index is 0.0826. The van der Waals surface area contributed by atoms with Crippen molar-refractivity contribution in [2.75, 3.05) is 0 Å². The van der Waals surface area contributed by atoms with Gasteiger partial charge in [0.1, 0.15) is 5.15 Å². The molecule has 0 unspecified atom stereocenters. The van der Waals surface area contributed by atoms with Gasteiger partial charge in [-0.25, -0.2) is 0 Å². The Morgan fingerprint density at radius 2 is 2.00 bits per heavy atom. The van der Waals surface area contributed by atoms with Crippen molar-refractivity contribution in [2.24, 2.45) is 7.05 Å². The Morgan fingerprint density at radius 1 is 1.32 bits per heavy atom. The summed E-state index contributed by atoms with van der Waals surface area (Å²) in [6.07, 6.45) is 0.294. The van der Waals surface area contributed by atoms with E-state index in [-0.39, 0.29) is 5.78 Å². The topological polar surface area (TPSA) is 34.9 Å². The summed E-state index contributed by atoms with van der Waals surface area (Å²) in [7, 11) is 1.78. The molecule has 0 aliphatic carbocycles. The summed E-state index contributed by atoms with van der Waals surface area (Å²) in [5, 5.41) is 4.77. The quantitative estimate of drug-likeness (QED) is 0.805. The van der Waals surface area contributed by atoms with Gasteiger partial charge >= 0.3 is 0 Å². The van der Waals surface area contributed by atoms with E-state index in [2.05, 4.69) is 5.10 Å². The van der Waals surface area contributed by atoms with Gasteiger partial charge in [-0.1, -0.05) is 29.3 Å². The summed E-state index contributed by atoms with van der Waals surface area (Å²) in [6.45, 7) is 5.81. The van der Waals surface area contributed by atoms with E-state index in [1.807, 2.05) is 39.0 Å². The van der Waals surface area contributed by atoms with Gasteiger partial charge in [-0.2, -0.15) is 5.10 Å². The second kappa shape index (κ2) is 5.17. The fraction of sp³-hybridized carbons (Fsp3) is 0.333. The van der Waals surface area contributed by atoms with Crippen LogP contribution < -0.4 is 0 Å². The maximum atomic E-state index is 12.4. The normalized spacial score (nSPS) is 10.8. The summed E-state index contributed by atoms with van der Waals surface area (Å²) >= 11 is 6.16. The summed E-state index contributed by atoms with van der Waals surface area (Å²) in [6, 6.07) is 5.91. The summed E-state index contributed by atoms with van der Waals surface area (Å²) in [4.78, 5) is 12.4. The zero-order chi connectivity index (χ0) is 14.2. The fourth-order valence-electron chi connectivity index (χ4n) is 2.17. The molecule has 0 fully saturated rings. The number of rotatable bonds is 3. The Labute approximate surface area is 118 Å². The van der Waals surface area contributed by atoms with Crippen LogP contribution in [0, 0.1) is 20.8 Å². The highest BCUT2D eigenvalue weighted by Gasteiger charge is 2.17. The third kappa shape index (κ3) is 2.71. The molecular weight excluding hydrogens is 260 g/mol. The number of carbonyl (C=O) groups excluding carboxylic acids is 1. The second-order valence-electron chi connectivity index (χ2n) is 4.90. The van der Waals surface area contributed by atoms with Crippen molar-refractivity contribution in [3.8, 4) is 0 Å². The first-order valence-corrected chi connectivity index (χ1v) is 6.56. The molecule has 0 saturated heterocycles. The molecule has 0 aliphatic rings. The maximum Gasteiger partial charge on any atom is 0.167 e. The number of Topliss-reactive ketones (excluding diaryl/α,β-unsaturated/α-hetero) is 1. The average Bonchev–Trinajstić information content (AvgIpc) is 2.59. The Hall–Kier alpha value is -1.61. The van der Waals surface area contributed by atoms with Crippen LogP contribution in [0.2, 0.25) is 5.15 Å². The number of halogens is 1. The minimum absolute atomic E-state index is 0.0826. The van der Waals surface area contributed by atoms with E-state index in [9.17, 15) is 4.79 Å². The lowest BCUT2D eigenvalue weighted by atomic mass is 9.98. The van der Waals surface area contributed by atoms with Gasteiger partial charge in [0, 0.05) is 24.6 Å². The third-order valence-electron chi connectivity index (χ3n) is 3.30. The molecule has 0 spiro atoms. The third-order valence-corrected chi connectivity index (χ3v) is 3.77. The van der Waals surface area contributed by atoms with Crippen LogP contribution in [0.4, 0.5) is 0 Å². The molecule has 0 N–H and O–H groups in total. The van der Waals surface area contributed by atoms with Gasteiger partial charge in [-0.05, 0) is 32.4 Å². The van der Waals surface area contributed by atoms with Crippen LogP contribution in [0.15, 0.2) is 18.2 Å². The van der Waals surface area contributed by atoms with Crippen LogP contribution >= 0.6 is 11.6 Å². The van der Waals surface area contributed by atoms with Gasteiger partial charge in [-0.3, -0.25) is 9.48 Å². The zero-order valence-corrected chi connectivity index (χ0v) is 12.4. The van der Waals surface area contributed by atoms with Gasteiger partial charge in [0.25, 0.3) is 0 Å². The molecular formula is C15H17ClN2O. The smallest absolute Gasteiger partial charge is 0.167 e. The lowest BCUT2D eigenvalue weighted by Gasteiger charge is -2.06. The van der Waals surface area contributed by atoms with Crippen molar-refractivity contribution in [3.05, 3.63) is 51.3 Å². The van der Waals surface area contributed by atoms with E-state index in [0.717, 1.165) is 27.9 Å². The molecule has 1 heterocycles. The summed E-state index contributed by atoms with van der Waals surface area (Å²) in [5.74, 6) is 0.0826. The Balaban J connectivity index is 2.33. The van der Waals surface area contributed by atoms with Crippen molar-refractivity contribution in [3.63, 3.8) is 0 Å². The molecule has 2 rings (SSSR count). The number of hydrogen-bond acceptors (Lipinski definition) is 2. The van der Waals surface area contributed by atoms with Crippen LogP contribution in [0.25, 0.3) is 0 Å². The predicted octanol–water partition coefficient (Wildman–Crippen LogP) is 3.42. The molecule has 100 valence electrons. The van der Waals surface area contributed by atoms with Crippen LogP contribution in [0.1, 0.15) is 32.7 Å². The Morgan fingerprint density at radius 3 is 2.58 bits per heavy atom. The highest BCUT2D eigenvalue weighted by molar-refractivity contribution is 6.30. The van der Waals surface area contributed by atoms with Gasteiger partial charge in [0.2, 0.25) is 0 Å². The molecule has 0 bridgehead atoms. The van der Waals surface area contributed by atoms with E-state index in [1.165, 1.54) is 0 Å². The molecule has 19 heavy (non-hydrogen) atoms.